The smallest absolute Gasteiger partial charge is 0.274 e. The van der Waals surface area contributed by atoms with Gasteiger partial charge in [-0.05, 0) is 50.2 Å². The van der Waals surface area contributed by atoms with Gasteiger partial charge in [0.1, 0.15) is 11.5 Å². The van der Waals surface area contributed by atoms with E-state index in [-0.39, 0.29) is 22.9 Å². The van der Waals surface area contributed by atoms with E-state index < -0.39 is 11.8 Å². The molecule has 8 heteroatoms. The zero-order valence-corrected chi connectivity index (χ0v) is 14.6. The summed E-state index contributed by atoms with van der Waals surface area (Å²) in [6.45, 7) is 3.18. The SMILES string of the molecule is CC(=O)c1ccc(NC(=O)c2cc(C(=O)Nc3cc(C)on3)ccn2)cc1. The van der Waals surface area contributed by atoms with E-state index in [9.17, 15) is 14.4 Å². The summed E-state index contributed by atoms with van der Waals surface area (Å²) in [6.07, 6.45) is 1.37. The molecule has 2 aromatic heterocycles. The van der Waals surface area contributed by atoms with Crippen LogP contribution in [0.4, 0.5) is 11.5 Å². The Morgan fingerprint density at radius 2 is 1.67 bits per heavy atom. The zero-order valence-electron chi connectivity index (χ0n) is 14.6. The summed E-state index contributed by atoms with van der Waals surface area (Å²) in [6, 6.07) is 10.9. The summed E-state index contributed by atoms with van der Waals surface area (Å²) in [5.74, 6) is -0.125. The van der Waals surface area contributed by atoms with Gasteiger partial charge in [-0.2, -0.15) is 0 Å². The molecular weight excluding hydrogens is 348 g/mol. The summed E-state index contributed by atoms with van der Waals surface area (Å²) >= 11 is 0. The van der Waals surface area contributed by atoms with Gasteiger partial charge < -0.3 is 15.2 Å². The van der Waals surface area contributed by atoms with Crippen LogP contribution in [-0.4, -0.2) is 27.7 Å². The second-order valence-electron chi connectivity index (χ2n) is 5.79. The van der Waals surface area contributed by atoms with Crippen LogP contribution in [0, 0.1) is 6.92 Å². The Hall–Kier alpha value is -3.81. The average molecular weight is 364 g/mol. The quantitative estimate of drug-likeness (QED) is 0.673. The van der Waals surface area contributed by atoms with Crippen molar-refractivity contribution >= 4 is 29.1 Å². The minimum absolute atomic E-state index is 0.0597. The molecule has 0 aliphatic carbocycles. The second-order valence-corrected chi connectivity index (χ2v) is 5.79. The van der Waals surface area contributed by atoms with Crippen molar-refractivity contribution in [1.29, 1.82) is 0 Å². The van der Waals surface area contributed by atoms with Gasteiger partial charge in [0.05, 0.1) is 0 Å². The highest BCUT2D eigenvalue weighted by Gasteiger charge is 2.14. The topological polar surface area (TPSA) is 114 Å². The van der Waals surface area contributed by atoms with Gasteiger partial charge in [-0.1, -0.05) is 5.16 Å². The van der Waals surface area contributed by atoms with Gasteiger partial charge in [0, 0.05) is 29.1 Å². The summed E-state index contributed by atoms with van der Waals surface area (Å²) < 4.78 is 4.89. The number of ketones is 1. The van der Waals surface area contributed by atoms with Gasteiger partial charge in [0.25, 0.3) is 11.8 Å². The zero-order chi connectivity index (χ0) is 19.4. The molecule has 0 saturated carbocycles. The standard InChI is InChI=1S/C19H16N4O4/c1-11-9-17(23-27-11)22-18(25)14-7-8-20-16(10-14)19(26)21-15-5-3-13(4-6-15)12(2)24/h3-10H,1-2H3,(H,21,26)(H,22,23,25). The predicted octanol–water partition coefficient (Wildman–Crippen LogP) is 3.09. The van der Waals surface area contributed by atoms with E-state index in [1.54, 1.807) is 37.3 Å². The van der Waals surface area contributed by atoms with E-state index >= 15 is 0 Å². The number of rotatable bonds is 5. The van der Waals surface area contributed by atoms with Crippen LogP contribution in [0.3, 0.4) is 0 Å². The first-order valence-corrected chi connectivity index (χ1v) is 8.05. The van der Waals surface area contributed by atoms with Crippen LogP contribution in [0.15, 0.2) is 53.2 Å². The number of nitrogens with zero attached hydrogens (tertiary/aromatic N) is 2. The van der Waals surface area contributed by atoms with Crippen molar-refractivity contribution in [2.24, 2.45) is 0 Å². The number of anilines is 2. The fraction of sp³-hybridized carbons (Fsp3) is 0.105. The maximum absolute atomic E-state index is 12.4. The lowest BCUT2D eigenvalue weighted by Crippen LogP contribution is -2.17. The van der Waals surface area contributed by atoms with Gasteiger partial charge in [0.15, 0.2) is 11.6 Å². The molecule has 2 heterocycles. The first kappa shape index (κ1) is 18.0. The van der Waals surface area contributed by atoms with Crippen LogP contribution in [-0.2, 0) is 0 Å². The van der Waals surface area contributed by atoms with Gasteiger partial charge in [-0.15, -0.1) is 0 Å². The van der Waals surface area contributed by atoms with Crippen LogP contribution in [0.2, 0.25) is 0 Å². The number of hydrogen-bond donors (Lipinski definition) is 2. The normalized spacial score (nSPS) is 10.3. The molecule has 3 aromatic rings. The molecule has 0 bridgehead atoms. The monoisotopic (exact) mass is 364 g/mol. The molecule has 27 heavy (non-hydrogen) atoms. The van der Waals surface area contributed by atoms with Crippen molar-refractivity contribution in [2.45, 2.75) is 13.8 Å². The summed E-state index contributed by atoms with van der Waals surface area (Å²) in [7, 11) is 0. The molecule has 8 nitrogen and oxygen atoms in total. The fourth-order valence-electron chi connectivity index (χ4n) is 2.29. The van der Waals surface area contributed by atoms with Crippen LogP contribution in [0.1, 0.15) is 43.9 Å². The van der Waals surface area contributed by atoms with Crippen LogP contribution < -0.4 is 10.6 Å². The molecule has 1 aromatic carbocycles. The maximum atomic E-state index is 12.4. The van der Waals surface area contributed by atoms with Gasteiger partial charge >= 0.3 is 0 Å². The van der Waals surface area contributed by atoms with Crippen LogP contribution in [0.25, 0.3) is 0 Å². The number of carbonyl (C=O) groups is 3. The second kappa shape index (κ2) is 7.61. The molecule has 136 valence electrons. The van der Waals surface area contributed by atoms with Crippen molar-refractivity contribution < 1.29 is 18.9 Å². The number of Topliss-reactive ketones (excluding diaryl/α,β-unsaturated/α-hetero) is 1. The molecule has 0 aliphatic heterocycles. The Morgan fingerprint density at radius 1 is 0.926 bits per heavy atom. The number of hydrogen-bond acceptors (Lipinski definition) is 6. The summed E-state index contributed by atoms with van der Waals surface area (Å²) in [4.78, 5) is 39.9. The molecular formula is C19H16N4O4. The first-order chi connectivity index (χ1) is 12.9. The summed E-state index contributed by atoms with van der Waals surface area (Å²) in [5, 5.41) is 8.94. The van der Waals surface area contributed by atoms with Crippen molar-refractivity contribution in [3.63, 3.8) is 0 Å². The number of aryl methyl sites for hydroxylation is 1. The number of pyridine rings is 1. The minimum atomic E-state index is -0.475. The number of carbonyl (C=O) groups excluding carboxylic acids is 3. The van der Waals surface area contributed by atoms with Crippen LogP contribution >= 0.6 is 0 Å². The molecule has 2 amide bonds. The van der Waals surface area contributed by atoms with Crippen molar-refractivity contribution in [3.8, 4) is 0 Å². The number of benzene rings is 1. The molecule has 0 unspecified atom stereocenters. The van der Waals surface area contributed by atoms with Crippen molar-refractivity contribution in [3.05, 3.63) is 71.2 Å². The van der Waals surface area contributed by atoms with E-state index in [2.05, 4.69) is 20.8 Å². The Labute approximate surface area is 154 Å². The Morgan fingerprint density at radius 3 is 2.30 bits per heavy atom. The minimum Gasteiger partial charge on any atom is -0.360 e. The van der Waals surface area contributed by atoms with Gasteiger partial charge in [-0.25, -0.2) is 0 Å². The van der Waals surface area contributed by atoms with Gasteiger partial charge in [0.2, 0.25) is 0 Å². The summed E-state index contributed by atoms with van der Waals surface area (Å²) in [5.41, 5.74) is 1.39. The number of amides is 2. The number of aromatic nitrogens is 2. The molecule has 0 aliphatic rings. The molecule has 0 saturated heterocycles. The lowest BCUT2D eigenvalue weighted by Gasteiger charge is -2.07. The van der Waals surface area contributed by atoms with E-state index in [0.717, 1.165) is 0 Å². The Balaban J connectivity index is 1.71. The first-order valence-electron chi connectivity index (χ1n) is 8.05. The van der Waals surface area contributed by atoms with E-state index in [4.69, 9.17) is 4.52 Å². The van der Waals surface area contributed by atoms with Gasteiger partial charge in [-0.3, -0.25) is 19.4 Å². The van der Waals surface area contributed by atoms with E-state index in [1.165, 1.54) is 25.3 Å². The molecule has 0 fully saturated rings. The predicted molar refractivity (Wildman–Crippen MR) is 97.8 cm³/mol. The molecule has 0 atom stereocenters. The van der Waals surface area contributed by atoms with E-state index in [0.29, 0.717) is 17.0 Å². The lowest BCUT2D eigenvalue weighted by molar-refractivity contribution is 0.101. The Bertz CT molecular complexity index is 1010. The molecule has 3 rings (SSSR count). The number of nitrogens with one attached hydrogen (secondary N) is 2. The molecule has 0 radical (unpaired) electrons. The highest BCUT2D eigenvalue weighted by atomic mass is 16.5. The highest BCUT2D eigenvalue weighted by molar-refractivity contribution is 6.07. The highest BCUT2D eigenvalue weighted by Crippen LogP contribution is 2.13. The largest absolute Gasteiger partial charge is 0.360 e. The van der Waals surface area contributed by atoms with Crippen molar-refractivity contribution in [2.75, 3.05) is 10.6 Å². The van der Waals surface area contributed by atoms with E-state index in [1.807, 2.05) is 0 Å². The third-order valence-corrected chi connectivity index (χ3v) is 3.67. The lowest BCUT2D eigenvalue weighted by atomic mass is 10.1. The Kier molecular flexibility index (Phi) is 5.07. The van der Waals surface area contributed by atoms with Crippen LogP contribution in [0.5, 0.6) is 0 Å². The fourth-order valence-corrected chi connectivity index (χ4v) is 2.29. The average Bonchev–Trinajstić information content (AvgIpc) is 3.07. The molecule has 2 N–H and O–H groups in total. The third kappa shape index (κ3) is 4.43. The molecule has 0 spiro atoms. The van der Waals surface area contributed by atoms with Crippen molar-refractivity contribution in [1.82, 2.24) is 10.1 Å². The maximum Gasteiger partial charge on any atom is 0.274 e. The third-order valence-electron chi connectivity index (χ3n) is 3.67.